The highest BCUT2D eigenvalue weighted by molar-refractivity contribution is 7.07. The first-order valence-corrected chi connectivity index (χ1v) is 10.8. The zero-order valence-electron chi connectivity index (χ0n) is 18.0. The molecule has 2 aromatic carbocycles. The van der Waals surface area contributed by atoms with Gasteiger partial charge < -0.3 is 20.5 Å². The number of urea groups is 1. The lowest BCUT2D eigenvalue weighted by Crippen LogP contribution is -2.43. The molecule has 0 aliphatic heterocycles. The smallest absolute Gasteiger partial charge is 0.430 e. The lowest BCUT2D eigenvalue weighted by atomic mass is 9.95. The lowest BCUT2D eigenvalue weighted by molar-refractivity contribution is -0.344. The Morgan fingerprint density at radius 2 is 1.79 bits per heavy atom. The van der Waals surface area contributed by atoms with Gasteiger partial charge >= 0.3 is 18.0 Å². The Hall–Kier alpha value is -3.93. The number of amides is 2. The Morgan fingerprint density at radius 1 is 1.12 bits per heavy atom. The summed E-state index contributed by atoms with van der Waals surface area (Å²) < 4.78 is 31.5. The van der Waals surface area contributed by atoms with Crippen molar-refractivity contribution in [2.45, 2.75) is 25.6 Å². The number of nitrogens with one attached hydrogen (secondary N) is 4. The first kappa shape index (κ1) is 24.7. The number of hydrogen-bond acceptors (Lipinski definition) is 5. The van der Waals surface area contributed by atoms with Crippen LogP contribution in [0.1, 0.15) is 19.4 Å². The van der Waals surface area contributed by atoms with Crippen molar-refractivity contribution in [2.24, 2.45) is 0 Å². The standard InChI is InChI=1S/C20H19N5OS.C2HF3O2/c1-20(2,13-6-4-3-5-7-13)25-19(26)22-14-8-9-15-16(10-14)24-18(23-15)17-11-27-12-21-17;3-2(4,5)1(6)7/h3-12H,1-2H3,(H,23,24)(H2,22,25,26);(H,6,7). The molecule has 2 amide bonds. The highest BCUT2D eigenvalue weighted by atomic mass is 32.1. The number of carboxylic acid groups (broad SMARTS) is 1. The number of aromatic nitrogens is 3. The topological polar surface area (TPSA) is 124 Å². The zero-order valence-corrected chi connectivity index (χ0v) is 18.8. The van der Waals surface area contributed by atoms with Gasteiger partial charge in [-0.2, -0.15) is 13.2 Å². The average molecular weight is 491 g/mol. The fourth-order valence-corrected chi connectivity index (χ4v) is 3.52. The van der Waals surface area contributed by atoms with Crippen LogP contribution in [0.2, 0.25) is 0 Å². The van der Waals surface area contributed by atoms with E-state index in [0.717, 1.165) is 28.1 Å². The Kier molecular flexibility index (Phi) is 7.20. The average Bonchev–Trinajstić information content (AvgIpc) is 3.43. The molecule has 0 bridgehead atoms. The van der Waals surface area contributed by atoms with Crippen LogP contribution in [0.15, 0.2) is 59.4 Å². The number of alkyl halides is 3. The van der Waals surface area contributed by atoms with Crippen LogP contribution in [0.3, 0.4) is 0 Å². The Bertz CT molecular complexity index is 1270. The SMILES string of the molecule is CC(C)(NC(=O)Nc1ccc2[nH+]c(-c3cscn3)[nH]c2c1)c1ccccc1.O=C([O-])C(F)(F)F. The molecule has 178 valence electrons. The summed E-state index contributed by atoms with van der Waals surface area (Å²) >= 11 is 1.54. The number of halogens is 3. The van der Waals surface area contributed by atoms with E-state index in [0.29, 0.717) is 5.69 Å². The van der Waals surface area contributed by atoms with Gasteiger partial charge in [0.05, 0.1) is 11.0 Å². The second-order valence-electron chi connectivity index (χ2n) is 7.61. The number of aromatic amines is 2. The first-order valence-electron chi connectivity index (χ1n) is 9.82. The van der Waals surface area contributed by atoms with E-state index in [9.17, 15) is 18.0 Å². The number of aliphatic carboxylic acids is 1. The van der Waals surface area contributed by atoms with Crippen LogP contribution >= 0.6 is 11.3 Å². The number of H-pyrrole nitrogens is 2. The Labute approximate surface area is 195 Å². The number of thiazole rings is 1. The van der Waals surface area contributed by atoms with E-state index in [1.54, 1.807) is 16.8 Å². The van der Waals surface area contributed by atoms with Crippen molar-refractivity contribution < 1.29 is 32.9 Å². The molecule has 4 rings (SSSR count). The highest BCUT2D eigenvalue weighted by Crippen LogP contribution is 2.22. The van der Waals surface area contributed by atoms with Crippen molar-refractivity contribution in [3.8, 4) is 11.5 Å². The molecule has 0 aliphatic rings. The molecule has 0 fully saturated rings. The van der Waals surface area contributed by atoms with Gasteiger partial charge in [-0.05, 0) is 31.5 Å². The Morgan fingerprint density at radius 3 is 2.38 bits per heavy atom. The number of nitrogens with zero attached hydrogens (tertiary/aromatic N) is 1. The molecule has 0 unspecified atom stereocenters. The molecule has 0 aliphatic carbocycles. The van der Waals surface area contributed by atoms with E-state index in [-0.39, 0.29) is 6.03 Å². The molecule has 2 aromatic heterocycles. The monoisotopic (exact) mass is 491 g/mol. The van der Waals surface area contributed by atoms with Crippen LogP contribution in [-0.2, 0) is 10.3 Å². The van der Waals surface area contributed by atoms with Crippen molar-refractivity contribution in [1.29, 1.82) is 0 Å². The van der Waals surface area contributed by atoms with Gasteiger partial charge in [0, 0.05) is 17.1 Å². The summed E-state index contributed by atoms with van der Waals surface area (Å²) in [7, 11) is 0. The third-order valence-electron chi connectivity index (χ3n) is 4.64. The van der Waals surface area contributed by atoms with Crippen LogP contribution in [0.4, 0.5) is 23.7 Å². The van der Waals surface area contributed by atoms with Gasteiger partial charge in [-0.15, -0.1) is 11.3 Å². The van der Waals surface area contributed by atoms with Gasteiger partial charge in [0.1, 0.15) is 5.97 Å². The summed E-state index contributed by atoms with van der Waals surface area (Å²) in [5.41, 5.74) is 5.79. The van der Waals surface area contributed by atoms with Gasteiger partial charge in [-0.3, -0.25) is 0 Å². The van der Waals surface area contributed by atoms with Gasteiger partial charge in [-0.1, -0.05) is 30.3 Å². The van der Waals surface area contributed by atoms with Crippen molar-refractivity contribution in [2.75, 3.05) is 5.32 Å². The highest BCUT2D eigenvalue weighted by Gasteiger charge is 2.28. The molecule has 0 saturated carbocycles. The van der Waals surface area contributed by atoms with Crippen LogP contribution in [0, 0.1) is 0 Å². The molecule has 2 heterocycles. The molecule has 0 saturated heterocycles. The molecule has 0 atom stereocenters. The molecule has 4 N–H and O–H groups in total. The van der Waals surface area contributed by atoms with Gasteiger partial charge in [-0.25, -0.2) is 19.7 Å². The number of carbonyl (C=O) groups is 2. The van der Waals surface area contributed by atoms with Crippen molar-refractivity contribution in [1.82, 2.24) is 15.3 Å². The predicted octanol–water partition coefficient (Wildman–Crippen LogP) is 3.46. The molecule has 34 heavy (non-hydrogen) atoms. The van der Waals surface area contributed by atoms with E-state index in [4.69, 9.17) is 9.90 Å². The number of fused-ring (bicyclic) bond motifs is 1. The minimum absolute atomic E-state index is 0.251. The number of hydrogen-bond donors (Lipinski definition) is 3. The number of carboxylic acids is 1. The number of anilines is 1. The van der Waals surface area contributed by atoms with Gasteiger partial charge in [0.15, 0.2) is 16.7 Å². The minimum atomic E-state index is -5.19. The maximum atomic E-state index is 12.5. The van der Waals surface area contributed by atoms with Gasteiger partial charge in [0.2, 0.25) is 0 Å². The summed E-state index contributed by atoms with van der Waals surface area (Å²) in [5.74, 6) is -2.16. The third-order valence-corrected chi connectivity index (χ3v) is 5.22. The third kappa shape index (κ3) is 6.32. The predicted molar refractivity (Wildman–Crippen MR) is 119 cm³/mol. The zero-order chi connectivity index (χ0) is 24.9. The summed E-state index contributed by atoms with van der Waals surface area (Å²) in [6, 6.07) is 15.3. The fraction of sp³-hybridized carbons (Fsp3) is 0.182. The summed E-state index contributed by atoms with van der Waals surface area (Å²) in [6.45, 7) is 3.95. The lowest BCUT2D eigenvalue weighted by Gasteiger charge is -2.27. The maximum Gasteiger partial charge on any atom is 0.430 e. The van der Waals surface area contributed by atoms with Gasteiger partial charge in [0.25, 0.3) is 0 Å². The summed E-state index contributed by atoms with van der Waals surface area (Å²) in [4.78, 5) is 32.2. The van der Waals surface area contributed by atoms with Crippen LogP contribution in [0.5, 0.6) is 0 Å². The van der Waals surface area contributed by atoms with Crippen molar-refractivity contribution in [3.05, 3.63) is 65.0 Å². The van der Waals surface area contributed by atoms with E-state index in [1.807, 2.05) is 67.8 Å². The fourth-order valence-electron chi connectivity index (χ4n) is 2.97. The second-order valence-corrected chi connectivity index (χ2v) is 8.33. The van der Waals surface area contributed by atoms with E-state index < -0.39 is 17.7 Å². The van der Waals surface area contributed by atoms with Crippen LogP contribution < -0.4 is 20.7 Å². The molecular weight excluding hydrogens is 471 g/mol. The second kappa shape index (κ2) is 9.91. The van der Waals surface area contributed by atoms with Crippen LogP contribution in [0.25, 0.3) is 22.6 Å². The van der Waals surface area contributed by atoms with Crippen molar-refractivity contribution in [3.63, 3.8) is 0 Å². The molecular formula is C22H20F3N5O3S. The molecule has 0 radical (unpaired) electrons. The number of rotatable bonds is 4. The van der Waals surface area contributed by atoms with E-state index >= 15 is 0 Å². The molecule has 0 spiro atoms. The number of benzene rings is 2. The molecule has 4 aromatic rings. The number of carbonyl (C=O) groups excluding carboxylic acids is 2. The van der Waals surface area contributed by atoms with E-state index in [2.05, 4.69) is 25.6 Å². The quantitative estimate of drug-likeness (QED) is 0.404. The molecule has 8 nitrogen and oxygen atoms in total. The summed E-state index contributed by atoms with van der Waals surface area (Å²) in [6.07, 6.45) is -5.19. The summed E-state index contributed by atoms with van der Waals surface area (Å²) in [5, 5.41) is 16.7. The Balaban J connectivity index is 0.000000406. The van der Waals surface area contributed by atoms with Crippen LogP contribution in [-0.4, -0.2) is 28.1 Å². The minimum Gasteiger partial charge on any atom is -0.542 e. The van der Waals surface area contributed by atoms with E-state index in [1.165, 1.54) is 0 Å². The largest absolute Gasteiger partial charge is 0.542 e. The van der Waals surface area contributed by atoms with Crippen molar-refractivity contribution >= 4 is 40.1 Å². The maximum absolute atomic E-state index is 12.5. The first-order chi connectivity index (χ1) is 16.0. The normalized spacial score (nSPS) is 11.4. The molecule has 12 heteroatoms. The number of imidazole rings is 1.